The minimum atomic E-state index is -0.499. The van der Waals surface area contributed by atoms with E-state index in [4.69, 9.17) is 0 Å². The number of hydrogen-bond donors (Lipinski definition) is 2. The van der Waals surface area contributed by atoms with E-state index in [9.17, 15) is 9.90 Å². The monoisotopic (exact) mass is 344 g/mol. The summed E-state index contributed by atoms with van der Waals surface area (Å²) in [6.45, 7) is 0. The topological polar surface area (TPSA) is 90.7 Å². The van der Waals surface area contributed by atoms with Gasteiger partial charge in [0.15, 0.2) is 5.69 Å². The van der Waals surface area contributed by atoms with Crippen molar-refractivity contribution in [3.63, 3.8) is 0 Å². The smallest absolute Gasteiger partial charge is 0.295 e. The van der Waals surface area contributed by atoms with Crippen LogP contribution in [0.2, 0.25) is 0 Å². The molecule has 0 aliphatic heterocycles. The molecule has 3 aromatic rings. The lowest BCUT2D eigenvalue weighted by Crippen LogP contribution is -1.92. The van der Waals surface area contributed by atoms with Gasteiger partial charge in [-0.25, -0.2) is 0 Å². The number of nitrogens with one attached hydrogen (secondary N) is 1. The molecule has 0 fully saturated rings. The minimum absolute atomic E-state index is 0.130. The highest BCUT2D eigenvalue weighted by Crippen LogP contribution is 2.36. The van der Waals surface area contributed by atoms with E-state index in [1.54, 1.807) is 24.3 Å². The van der Waals surface area contributed by atoms with Crippen molar-refractivity contribution in [3.05, 3.63) is 52.8 Å². The van der Waals surface area contributed by atoms with Crippen molar-refractivity contribution in [1.29, 1.82) is 0 Å². The van der Waals surface area contributed by atoms with Crippen LogP contribution in [0.3, 0.4) is 0 Å². The van der Waals surface area contributed by atoms with Crippen LogP contribution in [0.1, 0.15) is 10.4 Å². The second-order valence-corrected chi connectivity index (χ2v) is 5.17. The summed E-state index contributed by atoms with van der Waals surface area (Å²) in [5.41, 5.74) is 1.32. The predicted molar refractivity (Wildman–Crippen MR) is 80.7 cm³/mol. The summed E-state index contributed by atoms with van der Waals surface area (Å²) in [6, 6.07) is 8.51. The Balaban J connectivity index is 1.98. The SMILES string of the molecule is O=C(N=Nc1c(O)[nH]c2ccc(Br)cc12)c1ccncc1. The molecule has 2 heterocycles. The third-order valence-electron chi connectivity index (χ3n) is 2.88. The average Bonchev–Trinajstić information content (AvgIpc) is 2.80. The summed E-state index contributed by atoms with van der Waals surface area (Å²) in [5.74, 6) is -0.629. The molecule has 0 bridgehead atoms. The molecule has 0 aliphatic rings. The summed E-state index contributed by atoms with van der Waals surface area (Å²) < 4.78 is 0.839. The summed E-state index contributed by atoms with van der Waals surface area (Å²) >= 11 is 3.35. The standard InChI is InChI=1S/C14H9BrN4O2/c15-9-1-2-11-10(7-9)12(14(21)17-11)18-19-13(20)8-3-5-16-6-4-8/h1-7,17,21H. The van der Waals surface area contributed by atoms with Gasteiger partial charge in [-0.15, -0.1) is 10.2 Å². The number of carbonyl (C=O) groups is 1. The van der Waals surface area contributed by atoms with Crippen molar-refractivity contribution in [2.45, 2.75) is 0 Å². The number of nitrogens with zero attached hydrogens (tertiary/aromatic N) is 3. The van der Waals surface area contributed by atoms with Crippen LogP contribution in [0.15, 0.2) is 57.4 Å². The number of azo groups is 1. The molecule has 1 aromatic carbocycles. The Labute approximate surface area is 127 Å². The van der Waals surface area contributed by atoms with Gasteiger partial charge in [0, 0.05) is 27.8 Å². The molecule has 104 valence electrons. The van der Waals surface area contributed by atoms with Crippen LogP contribution in [0.5, 0.6) is 5.88 Å². The molecule has 0 unspecified atom stereocenters. The maximum atomic E-state index is 11.9. The number of fused-ring (bicyclic) bond motifs is 1. The summed E-state index contributed by atoms with van der Waals surface area (Å²) in [5, 5.41) is 18.0. The zero-order chi connectivity index (χ0) is 14.8. The van der Waals surface area contributed by atoms with Gasteiger partial charge in [-0.3, -0.25) is 9.78 Å². The number of halogens is 1. The molecule has 6 nitrogen and oxygen atoms in total. The molecule has 0 saturated carbocycles. The van der Waals surface area contributed by atoms with Gasteiger partial charge in [-0.2, -0.15) is 0 Å². The Morgan fingerprint density at radius 1 is 1.24 bits per heavy atom. The van der Waals surface area contributed by atoms with Crippen LogP contribution in [-0.2, 0) is 0 Å². The van der Waals surface area contributed by atoms with Gasteiger partial charge in [0.05, 0.1) is 5.52 Å². The van der Waals surface area contributed by atoms with Crippen LogP contribution < -0.4 is 0 Å². The molecule has 2 N–H and O–H groups in total. The van der Waals surface area contributed by atoms with E-state index < -0.39 is 5.91 Å². The van der Waals surface area contributed by atoms with Gasteiger partial charge >= 0.3 is 0 Å². The number of carbonyl (C=O) groups excluding carboxylic acids is 1. The summed E-state index contributed by atoms with van der Waals surface area (Å²) in [6.07, 6.45) is 3.01. The Hall–Kier alpha value is -2.54. The van der Waals surface area contributed by atoms with Gasteiger partial charge in [0.25, 0.3) is 5.91 Å². The molecule has 2 aromatic heterocycles. The lowest BCUT2D eigenvalue weighted by molar-refractivity contribution is 0.0995. The molecule has 0 radical (unpaired) electrons. The van der Waals surface area contributed by atoms with Crippen LogP contribution in [0, 0.1) is 0 Å². The van der Waals surface area contributed by atoms with Crippen molar-refractivity contribution in [3.8, 4) is 5.88 Å². The highest BCUT2D eigenvalue weighted by molar-refractivity contribution is 9.10. The van der Waals surface area contributed by atoms with E-state index >= 15 is 0 Å². The first-order valence-electron chi connectivity index (χ1n) is 6.01. The first-order valence-corrected chi connectivity index (χ1v) is 6.81. The third kappa shape index (κ3) is 2.68. The van der Waals surface area contributed by atoms with Crippen LogP contribution >= 0.6 is 15.9 Å². The number of amides is 1. The van der Waals surface area contributed by atoms with Gasteiger partial charge in [0.1, 0.15) is 0 Å². The number of pyridine rings is 1. The molecule has 1 amide bonds. The van der Waals surface area contributed by atoms with Crippen molar-refractivity contribution >= 4 is 38.4 Å². The molecule has 21 heavy (non-hydrogen) atoms. The molecule has 0 atom stereocenters. The van der Waals surface area contributed by atoms with Crippen LogP contribution in [-0.4, -0.2) is 21.0 Å². The van der Waals surface area contributed by atoms with Crippen molar-refractivity contribution in [1.82, 2.24) is 9.97 Å². The first kappa shape index (κ1) is 13.4. The van der Waals surface area contributed by atoms with Crippen LogP contribution in [0.4, 0.5) is 5.69 Å². The number of hydrogen-bond acceptors (Lipinski definition) is 4. The molecular weight excluding hydrogens is 336 g/mol. The minimum Gasteiger partial charge on any atom is -0.493 e. The molecule has 7 heteroatoms. The zero-order valence-electron chi connectivity index (χ0n) is 10.6. The van der Waals surface area contributed by atoms with Gasteiger partial charge in [0.2, 0.25) is 5.88 Å². The Bertz CT molecular complexity index is 843. The first-order chi connectivity index (χ1) is 10.1. The molecule has 0 aliphatic carbocycles. The lowest BCUT2D eigenvalue weighted by atomic mass is 10.2. The van der Waals surface area contributed by atoms with E-state index in [1.165, 1.54) is 12.4 Å². The maximum Gasteiger partial charge on any atom is 0.295 e. The molecule has 0 spiro atoms. The highest BCUT2D eigenvalue weighted by atomic mass is 79.9. The number of H-pyrrole nitrogens is 1. The second-order valence-electron chi connectivity index (χ2n) is 4.25. The molecule has 3 rings (SSSR count). The molecular formula is C14H9BrN4O2. The lowest BCUT2D eigenvalue weighted by Gasteiger charge is -1.94. The number of aromatic nitrogens is 2. The zero-order valence-corrected chi connectivity index (χ0v) is 12.2. The second kappa shape index (κ2) is 5.45. The van der Waals surface area contributed by atoms with Gasteiger partial charge in [-0.1, -0.05) is 15.9 Å². The van der Waals surface area contributed by atoms with E-state index in [2.05, 4.69) is 36.1 Å². The predicted octanol–water partition coefficient (Wildman–Crippen LogP) is 3.96. The summed E-state index contributed by atoms with van der Waals surface area (Å²) in [4.78, 5) is 18.5. The number of aromatic hydroxyl groups is 1. The number of aromatic amines is 1. The van der Waals surface area contributed by atoms with Gasteiger partial charge < -0.3 is 10.1 Å². The van der Waals surface area contributed by atoms with Gasteiger partial charge in [-0.05, 0) is 30.3 Å². The Morgan fingerprint density at radius 2 is 2.00 bits per heavy atom. The van der Waals surface area contributed by atoms with Crippen molar-refractivity contribution in [2.75, 3.05) is 0 Å². The third-order valence-corrected chi connectivity index (χ3v) is 3.38. The van der Waals surface area contributed by atoms with Crippen LogP contribution in [0.25, 0.3) is 10.9 Å². The fourth-order valence-electron chi connectivity index (χ4n) is 1.88. The van der Waals surface area contributed by atoms with E-state index in [0.29, 0.717) is 16.5 Å². The van der Waals surface area contributed by atoms with E-state index in [0.717, 1.165) is 4.47 Å². The van der Waals surface area contributed by atoms with Crippen molar-refractivity contribution in [2.24, 2.45) is 10.2 Å². The normalized spacial score (nSPS) is 11.3. The van der Waals surface area contributed by atoms with E-state index in [-0.39, 0.29) is 11.6 Å². The average molecular weight is 345 g/mol. The number of rotatable bonds is 2. The quantitative estimate of drug-likeness (QED) is 0.689. The Kier molecular flexibility index (Phi) is 3.49. The molecule has 0 saturated heterocycles. The largest absolute Gasteiger partial charge is 0.493 e. The van der Waals surface area contributed by atoms with Crippen molar-refractivity contribution < 1.29 is 9.90 Å². The van der Waals surface area contributed by atoms with E-state index in [1.807, 2.05) is 6.07 Å². The highest BCUT2D eigenvalue weighted by Gasteiger charge is 2.11. The number of benzene rings is 1. The Morgan fingerprint density at radius 3 is 2.76 bits per heavy atom. The fraction of sp³-hybridized carbons (Fsp3) is 0. The fourth-order valence-corrected chi connectivity index (χ4v) is 2.25. The summed E-state index contributed by atoms with van der Waals surface area (Å²) in [7, 11) is 0. The maximum absolute atomic E-state index is 11.9.